The zero-order chi connectivity index (χ0) is 17.3. The van der Waals surface area contributed by atoms with Gasteiger partial charge in [0.1, 0.15) is 0 Å². The molecule has 140 valence electrons. The van der Waals surface area contributed by atoms with Crippen molar-refractivity contribution in [3.05, 3.63) is 0 Å². The molecule has 0 heterocycles. The van der Waals surface area contributed by atoms with E-state index in [1.165, 1.54) is 51.4 Å². The quantitative estimate of drug-likeness (QED) is 0.315. The van der Waals surface area contributed by atoms with E-state index >= 15 is 0 Å². The lowest BCUT2D eigenvalue weighted by Gasteiger charge is -2.23. The molecule has 0 N–H and O–H groups in total. The van der Waals surface area contributed by atoms with Crippen molar-refractivity contribution in [2.45, 2.75) is 92.3 Å². The molecular formula is C20H42O3. The van der Waals surface area contributed by atoms with Gasteiger partial charge in [-0.3, -0.25) is 0 Å². The van der Waals surface area contributed by atoms with Crippen LogP contribution in [0.25, 0.3) is 0 Å². The van der Waals surface area contributed by atoms with Crippen LogP contribution < -0.4 is 0 Å². The van der Waals surface area contributed by atoms with Gasteiger partial charge in [0.05, 0.1) is 13.2 Å². The topological polar surface area (TPSA) is 27.7 Å². The molecule has 3 atom stereocenters. The van der Waals surface area contributed by atoms with Crippen molar-refractivity contribution in [1.29, 1.82) is 0 Å². The fourth-order valence-electron chi connectivity index (χ4n) is 2.70. The minimum atomic E-state index is -0.209. The van der Waals surface area contributed by atoms with Gasteiger partial charge in [-0.05, 0) is 31.6 Å². The third kappa shape index (κ3) is 12.9. The molecule has 0 rings (SSSR count). The third-order valence-corrected chi connectivity index (χ3v) is 4.56. The maximum atomic E-state index is 5.98. The van der Waals surface area contributed by atoms with Crippen molar-refractivity contribution < 1.29 is 14.2 Å². The van der Waals surface area contributed by atoms with Gasteiger partial charge in [0.25, 0.3) is 0 Å². The zero-order valence-electron chi connectivity index (χ0n) is 16.4. The van der Waals surface area contributed by atoms with Crippen LogP contribution in [0, 0.1) is 11.8 Å². The maximum Gasteiger partial charge on any atom is 0.180 e. The third-order valence-electron chi connectivity index (χ3n) is 4.56. The van der Waals surface area contributed by atoms with Crippen molar-refractivity contribution in [3.8, 4) is 0 Å². The average Bonchev–Trinajstić information content (AvgIpc) is 2.57. The predicted octanol–water partition coefficient (Wildman–Crippen LogP) is 5.82. The number of rotatable bonds is 17. The Bertz CT molecular complexity index is 233. The Labute approximate surface area is 145 Å². The van der Waals surface area contributed by atoms with Crippen LogP contribution in [0.5, 0.6) is 0 Å². The van der Waals surface area contributed by atoms with E-state index < -0.39 is 0 Å². The van der Waals surface area contributed by atoms with Crippen molar-refractivity contribution in [3.63, 3.8) is 0 Å². The molecule has 0 spiro atoms. The average molecular weight is 331 g/mol. The molecule has 0 amide bonds. The molecule has 0 aromatic rings. The van der Waals surface area contributed by atoms with Crippen molar-refractivity contribution in [2.75, 3.05) is 26.4 Å². The summed E-state index contributed by atoms with van der Waals surface area (Å²) in [5.74, 6) is 1.32. The molecule has 0 aliphatic heterocycles. The second-order valence-corrected chi connectivity index (χ2v) is 6.59. The highest BCUT2D eigenvalue weighted by atomic mass is 16.7. The molecular weight excluding hydrogens is 288 g/mol. The van der Waals surface area contributed by atoms with Crippen molar-refractivity contribution in [2.24, 2.45) is 11.8 Å². The van der Waals surface area contributed by atoms with E-state index in [1.54, 1.807) is 0 Å². The van der Waals surface area contributed by atoms with E-state index in [4.69, 9.17) is 14.2 Å². The first-order valence-corrected chi connectivity index (χ1v) is 10.0. The molecule has 0 saturated heterocycles. The predicted molar refractivity (Wildman–Crippen MR) is 98.8 cm³/mol. The van der Waals surface area contributed by atoms with Gasteiger partial charge in [0.15, 0.2) is 6.29 Å². The van der Waals surface area contributed by atoms with Crippen LogP contribution in [0.1, 0.15) is 86.0 Å². The number of hydrogen-bond donors (Lipinski definition) is 0. The van der Waals surface area contributed by atoms with Gasteiger partial charge in [-0.15, -0.1) is 0 Å². The minimum Gasteiger partial charge on any atom is -0.376 e. The van der Waals surface area contributed by atoms with Gasteiger partial charge in [-0.25, -0.2) is 0 Å². The normalized spacial score (nSPS) is 15.5. The Kier molecular flexibility index (Phi) is 16.6. The van der Waals surface area contributed by atoms with E-state index in [2.05, 4.69) is 27.7 Å². The summed E-state index contributed by atoms with van der Waals surface area (Å²) >= 11 is 0. The first-order valence-electron chi connectivity index (χ1n) is 10.0. The molecule has 0 aliphatic rings. The second kappa shape index (κ2) is 16.7. The molecule has 0 saturated carbocycles. The van der Waals surface area contributed by atoms with Crippen molar-refractivity contribution >= 4 is 0 Å². The zero-order valence-corrected chi connectivity index (χ0v) is 16.4. The lowest BCUT2D eigenvalue weighted by molar-refractivity contribution is -0.178. The summed E-state index contributed by atoms with van der Waals surface area (Å²) in [7, 11) is 0. The standard InChI is InChI=1S/C20H42O3/c1-6-11-13-18(8-3)15-21-17-20(22-10-5)23-16-19(9-4)14-12-7-2/h18-20H,6-17H2,1-5H3. The lowest BCUT2D eigenvalue weighted by atomic mass is 10.0. The highest BCUT2D eigenvalue weighted by molar-refractivity contribution is 4.58. The summed E-state index contributed by atoms with van der Waals surface area (Å²) in [5.41, 5.74) is 0. The van der Waals surface area contributed by atoms with Crippen LogP contribution >= 0.6 is 0 Å². The van der Waals surface area contributed by atoms with E-state index in [0.717, 1.165) is 13.2 Å². The van der Waals surface area contributed by atoms with Gasteiger partial charge in [-0.1, -0.05) is 66.2 Å². The second-order valence-electron chi connectivity index (χ2n) is 6.59. The molecule has 0 radical (unpaired) electrons. The Balaban J connectivity index is 4.04. The van der Waals surface area contributed by atoms with E-state index in [-0.39, 0.29) is 6.29 Å². The maximum absolute atomic E-state index is 5.98. The van der Waals surface area contributed by atoms with Crippen LogP contribution in [-0.2, 0) is 14.2 Å². The minimum absolute atomic E-state index is 0.209. The fourth-order valence-corrected chi connectivity index (χ4v) is 2.70. The first-order chi connectivity index (χ1) is 11.2. The highest BCUT2D eigenvalue weighted by Gasteiger charge is 2.14. The summed E-state index contributed by atoms with van der Waals surface area (Å²) < 4.78 is 17.6. The van der Waals surface area contributed by atoms with E-state index in [1.807, 2.05) is 6.92 Å². The van der Waals surface area contributed by atoms with Crippen LogP contribution in [0.4, 0.5) is 0 Å². The Morgan fingerprint density at radius 2 is 1.22 bits per heavy atom. The van der Waals surface area contributed by atoms with Gasteiger partial charge >= 0.3 is 0 Å². The van der Waals surface area contributed by atoms with Gasteiger partial charge in [-0.2, -0.15) is 0 Å². The molecule has 0 fully saturated rings. The summed E-state index contributed by atoms with van der Waals surface area (Å²) in [6.45, 7) is 13.8. The van der Waals surface area contributed by atoms with Crippen LogP contribution in [0.15, 0.2) is 0 Å². The smallest absolute Gasteiger partial charge is 0.180 e. The highest BCUT2D eigenvalue weighted by Crippen LogP contribution is 2.15. The molecule has 0 aromatic heterocycles. The Hall–Kier alpha value is -0.120. The largest absolute Gasteiger partial charge is 0.376 e. The van der Waals surface area contributed by atoms with Crippen LogP contribution in [0.3, 0.4) is 0 Å². The molecule has 3 nitrogen and oxygen atoms in total. The van der Waals surface area contributed by atoms with Crippen LogP contribution in [0.2, 0.25) is 0 Å². The van der Waals surface area contributed by atoms with Gasteiger partial charge < -0.3 is 14.2 Å². The van der Waals surface area contributed by atoms with Crippen LogP contribution in [-0.4, -0.2) is 32.7 Å². The Morgan fingerprint density at radius 1 is 0.652 bits per heavy atom. The Morgan fingerprint density at radius 3 is 1.70 bits per heavy atom. The fraction of sp³-hybridized carbons (Fsp3) is 1.00. The lowest BCUT2D eigenvalue weighted by Crippen LogP contribution is -2.27. The summed E-state index contributed by atoms with van der Waals surface area (Å²) in [4.78, 5) is 0. The van der Waals surface area contributed by atoms with Crippen molar-refractivity contribution in [1.82, 2.24) is 0 Å². The molecule has 0 aliphatic carbocycles. The van der Waals surface area contributed by atoms with E-state index in [9.17, 15) is 0 Å². The monoisotopic (exact) mass is 330 g/mol. The number of ether oxygens (including phenoxy) is 3. The first kappa shape index (κ1) is 22.9. The molecule has 23 heavy (non-hydrogen) atoms. The summed E-state index contributed by atoms with van der Waals surface area (Å²) in [6, 6.07) is 0. The summed E-state index contributed by atoms with van der Waals surface area (Å²) in [5, 5.41) is 0. The van der Waals surface area contributed by atoms with Gasteiger partial charge in [0, 0.05) is 13.2 Å². The molecule has 3 heteroatoms. The molecule has 3 unspecified atom stereocenters. The van der Waals surface area contributed by atoms with E-state index in [0.29, 0.717) is 25.0 Å². The SMILES string of the molecule is CCCCC(CC)COCC(OCC)OCC(CC)CCCC. The summed E-state index contributed by atoms with van der Waals surface area (Å²) in [6.07, 6.45) is 9.77. The number of hydrogen-bond acceptors (Lipinski definition) is 3. The molecule has 0 bridgehead atoms. The van der Waals surface area contributed by atoms with Gasteiger partial charge in [0.2, 0.25) is 0 Å². The molecule has 0 aromatic carbocycles. The number of unbranched alkanes of at least 4 members (excludes halogenated alkanes) is 2.